The smallest absolute Gasteiger partial charge is 0.244 e. The monoisotopic (exact) mass is 274 g/mol. The molecule has 0 amide bonds. The third-order valence-corrected chi connectivity index (χ3v) is 1.73. The van der Waals surface area contributed by atoms with Crippen LogP contribution in [-0.4, -0.2) is 30.6 Å². The summed E-state index contributed by atoms with van der Waals surface area (Å²) in [6.45, 7) is 0. The van der Waals surface area contributed by atoms with Crippen LogP contribution in [0.4, 0.5) is 39.5 Å². The van der Waals surface area contributed by atoms with Gasteiger partial charge in [0, 0.05) is 6.42 Å². The van der Waals surface area contributed by atoms with Crippen molar-refractivity contribution in [2.75, 3.05) is 0 Å². The summed E-state index contributed by atoms with van der Waals surface area (Å²) in [7, 11) is 0. The van der Waals surface area contributed by atoms with E-state index in [4.69, 9.17) is 0 Å². The topological polar surface area (TPSA) is 0 Å². The van der Waals surface area contributed by atoms with Crippen molar-refractivity contribution in [3.63, 3.8) is 0 Å². The fraction of sp³-hybridized carbons (Fsp3) is 0.750. The lowest BCUT2D eigenvalue weighted by atomic mass is 10.0. The van der Waals surface area contributed by atoms with E-state index in [2.05, 4.69) is 0 Å². The lowest BCUT2D eigenvalue weighted by Gasteiger charge is -2.24. The SMILES string of the molecule is FC=CC(F)C(F)CC(F)(F)C(F)C(F)(F)F. The summed E-state index contributed by atoms with van der Waals surface area (Å²) in [6, 6.07) is 0. The van der Waals surface area contributed by atoms with Crippen molar-refractivity contribution in [3.8, 4) is 0 Å². The Bertz CT molecular complexity index is 256. The van der Waals surface area contributed by atoms with Gasteiger partial charge >= 0.3 is 6.18 Å². The minimum absolute atomic E-state index is 0.110. The van der Waals surface area contributed by atoms with Gasteiger partial charge in [-0.3, -0.25) is 0 Å². The van der Waals surface area contributed by atoms with Crippen LogP contribution in [0.2, 0.25) is 0 Å². The molecule has 9 heteroatoms. The molecule has 0 fully saturated rings. The molecular formula is C8H7F9. The molecule has 0 aliphatic carbocycles. The Balaban J connectivity index is 4.64. The van der Waals surface area contributed by atoms with Gasteiger partial charge in [-0.05, 0) is 6.08 Å². The zero-order valence-electron chi connectivity index (χ0n) is 8.00. The van der Waals surface area contributed by atoms with E-state index in [1.807, 2.05) is 0 Å². The number of allylic oxidation sites excluding steroid dienone is 1. The van der Waals surface area contributed by atoms with Crippen molar-refractivity contribution >= 4 is 0 Å². The van der Waals surface area contributed by atoms with Crippen LogP contribution in [0.1, 0.15) is 6.42 Å². The molecular weight excluding hydrogens is 267 g/mol. The lowest BCUT2D eigenvalue weighted by molar-refractivity contribution is -0.249. The van der Waals surface area contributed by atoms with Crippen LogP contribution in [0.15, 0.2) is 12.4 Å². The first-order valence-electron chi connectivity index (χ1n) is 4.16. The molecule has 0 spiro atoms. The van der Waals surface area contributed by atoms with Gasteiger partial charge in [0.2, 0.25) is 0 Å². The third-order valence-electron chi connectivity index (χ3n) is 1.73. The molecule has 0 nitrogen and oxygen atoms in total. The maximum absolute atomic E-state index is 12.6. The highest BCUT2D eigenvalue weighted by atomic mass is 19.4. The summed E-state index contributed by atoms with van der Waals surface area (Å²) in [5.74, 6) is -5.12. The van der Waals surface area contributed by atoms with Crippen molar-refractivity contribution in [2.24, 2.45) is 0 Å². The van der Waals surface area contributed by atoms with E-state index < -0.39 is 43.4 Å². The van der Waals surface area contributed by atoms with Crippen LogP contribution in [0.5, 0.6) is 0 Å². The van der Waals surface area contributed by atoms with Gasteiger partial charge < -0.3 is 0 Å². The molecule has 0 aromatic heterocycles. The van der Waals surface area contributed by atoms with Crippen LogP contribution in [0.3, 0.4) is 0 Å². The Hall–Kier alpha value is -0.890. The zero-order valence-corrected chi connectivity index (χ0v) is 8.00. The Morgan fingerprint density at radius 3 is 1.76 bits per heavy atom. The maximum atomic E-state index is 12.6. The Morgan fingerprint density at radius 2 is 1.41 bits per heavy atom. The molecule has 0 aromatic carbocycles. The quantitative estimate of drug-likeness (QED) is 0.663. The van der Waals surface area contributed by atoms with E-state index in [0.717, 1.165) is 0 Å². The van der Waals surface area contributed by atoms with Crippen molar-refractivity contribution in [3.05, 3.63) is 12.4 Å². The lowest BCUT2D eigenvalue weighted by Crippen LogP contribution is -2.44. The Labute approximate surface area is 90.1 Å². The number of halogens is 9. The molecule has 0 aliphatic rings. The fourth-order valence-corrected chi connectivity index (χ4v) is 0.906. The van der Waals surface area contributed by atoms with Crippen molar-refractivity contribution < 1.29 is 39.5 Å². The predicted molar refractivity (Wildman–Crippen MR) is 40.6 cm³/mol. The molecule has 3 atom stereocenters. The summed E-state index contributed by atoms with van der Waals surface area (Å²) in [6.07, 6.45) is -19.4. The van der Waals surface area contributed by atoms with E-state index in [-0.39, 0.29) is 6.08 Å². The largest absolute Gasteiger partial charge is 0.425 e. The highest BCUT2D eigenvalue weighted by molar-refractivity contribution is 4.93. The number of rotatable bonds is 5. The average Bonchev–Trinajstić information content (AvgIpc) is 2.14. The molecule has 17 heavy (non-hydrogen) atoms. The van der Waals surface area contributed by atoms with Crippen LogP contribution in [0.25, 0.3) is 0 Å². The summed E-state index contributed by atoms with van der Waals surface area (Å²) in [5, 5.41) is 0. The average molecular weight is 274 g/mol. The molecule has 0 bridgehead atoms. The minimum Gasteiger partial charge on any atom is -0.244 e. The van der Waals surface area contributed by atoms with E-state index in [1.54, 1.807) is 0 Å². The Kier molecular flexibility index (Phi) is 5.34. The van der Waals surface area contributed by atoms with Crippen LogP contribution >= 0.6 is 0 Å². The maximum Gasteiger partial charge on any atom is 0.425 e. The second-order valence-electron chi connectivity index (χ2n) is 3.15. The van der Waals surface area contributed by atoms with Gasteiger partial charge in [-0.15, -0.1) is 0 Å². The molecule has 0 heterocycles. The summed E-state index contributed by atoms with van der Waals surface area (Å²) < 4.78 is 109. The van der Waals surface area contributed by atoms with Crippen molar-refractivity contribution in [1.82, 2.24) is 0 Å². The minimum atomic E-state index is -5.88. The molecule has 3 unspecified atom stereocenters. The molecule has 0 aliphatic heterocycles. The third kappa shape index (κ3) is 4.86. The van der Waals surface area contributed by atoms with E-state index in [1.165, 1.54) is 0 Å². The first-order chi connectivity index (χ1) is 7.52. The number of alkyl halides is 8. The van der Waals surface area contributed by atoms with Gasteiger partial charge in [-0.25, -0.2) is 26.3 Å². The van der Waals surface area contributed by atoms with Gasteiger partial charge in [0.1, 0.15) is 6.17 Å². The van der Waals surface area contributed by atoms with Crippen molar-refractivity contribution in [1.29, 1.82) is 0 Å². The molecule has 0 radical (unpaired) electrons. The van der Waals surface area contributed by atoms with Crippen LogP contribution in [0, 0.1) is 0 Å². The summed E-state index contributed by atoms with van der Waals surface area (Å²) >= 11 is 0. The van der Waals surface area contributed by atoms with Gasteiger partial charge in [-0.2, -0.15) is 13.2 Å². The Morgan fingerprint density at radius 1 is 0.941 bits per heavy atom. The standard InChI is InChI=1S/C8H7F9/c9-2-1-4(10)5(11)3-7(13,14)6(12)8(15,16)17/h1-2,4-6H,3H2. The first kappa shape index (κ1) is 16.1. The first-order valence-corrected chi connectivity index (χ1v) is 4.16. The van der Waals surface area contributed by atoms with E-state index in [0.29, 0.717) is 0 Å². The highest BCUT2D eigenvalue weighted by Crippen LogP contribution is 2.38. The van der Waals surface area contributed by atoms with Gasteiger partial charge in [-0.1, -0.05) is 0 Å². The number of hydrogen-bond donors (Lipinski definition) is 0. The molecule has 102 valence electrons. The molecule has 0 saturated carbocycles. The fourth-order valence-electron chi connectivity index (χ4n) is 0.906. The van der Waals surface area contributed by atoms with Crippen LogP contribution in [-0.2, 0) is 0 Å². The second kappa shape index (κ2) is 5.63. The second-order valence-corrected chi connectivity index (χ2v) is 3.15. The van der Waals surface area contributed by atoms with E-state index >= 15 is 0 Å². The molecule has 0 aromatic rings. The summed E-state index contributed by atoms with van der Waals surface area (Å²) in [5.41, 5.74) is 0. The van der Waals surface area contributed by atoms with Crippen molar-refractivity contribution in [2.45, 2.75) is 37.0 Å². The predicted octanol–water partition coefficient (Wildman–Crippen LogP) is 4.07. The molecule has 0 rings (SSSR count). The van der Waals surface area contributed by atoms with Gasteiger partial charge in [0.05, 0.1) is 6.33 Å². The van der Waals surface area contributed by atoms with Gasteiger partial charge in [0.15, 0.2) is 6.17 Å². The number of hydrogen-bond acceptors (Lipinski definition) is 0. The van der Waals surface area contributed by atoms with Crippen LogP contribution < -0.4 is 0 Å². The van der Waals surface area contributed by atoms with Gasteiger partial charge in [0.25, 0.3) is 12.1 Å². The molecule has 0 N–H and O–H groups in total. The zero-order chi connectivity index (χ0) is 13.9. The normalized spacial score (nSPS) is 19.4. The van der Waals surface area contributed by atoms with E-state index in [9.17, 15) is 39.5 Å². The molecule has 0 saturated heterocycles. The highest BCUT2D eigenvalue weighted by Gasteiger charge is 2.57. The summed E-state index contributed by atoms with van der Waals surface area (Å²) in [4.78, 5) is 0.